The van der Waals surface area contributed by atoms with Crippen molar-refractivity contribution >= 4 is 29.3 Å². The summed E-state index contributed by atoms with van der Waals surface area (Å²) in [6.45, 7) is 7.79. The zero-order valence-corrected chi connectivity index (χ0v) is 20.0. The summed E-state index contributed by atoms with van der Waals surface area (Å²) in [4.78, 5) is 30.9. The molecule has 0 spiro atoms. The number of fused-ring (bicyclic) bond motifs is 1. The van der Waals surface area contributed by atoms with E-state index < -0.39 is 11.6 Å². The molecule has 1 aliphatic carbocycles. The van der Waals surface area contributed by atoms with Gasteiger partial charge in [-0.25, -0.2) is 14.2 Å². The Kier molecular flexibility index (Phi) is 6.38. The lowest BCUT2D eigenvalue weighted by Gasteiger charge is -2.45. The average molecular weight is 470 g/mol. The molecule has 2 heterocycles. The van der Waals surface area contributed by atoms with Crippen molar-refractivity contribution in [3.63, 3.8) is 0 Å². The first kappa shape index (κ1) is 23.8. The lowest BCUT2D eigenvalue weighted by atomic mass is 9.86. The van der Waals surface area contributed by atoms with Crippen LogP contribution in [0.25, 0.3) is 0 Å². The number of halogens is 1. The van der Waals surface area contributed by atoms with E-state index >= 15 is 0 Å². The molecule has 1 aromatic carbocycles. The quantitative estimate of drug-likeness (QED) is 0.490. The number of hydrogen-bond acceptors (Lipinski definition) is 5. The Morgan fingerprint density at radius 3 is 2.65 bits per heavy atom. The second-order valence-electron chi connectivity index (χ2n) is 10.1. The fourth-order valence-electron chi connectivity index (χ4n) is 4.98. The van der Waals surface area contributed by atoms with Gasteiger partial charge in [0.15, 0.2) is 0 Å². The monoisotopic (exact) mass is 469 g/mol. The van der Waals surface area contributed by atoms with Gasteiger partial charge in [0, 0.05) is 23.8 Å². The van der Waals surface area contributed by atoms with Crippen LogP contribution in [0, 0.1) is 12.7 Å². The predicted molar refractivity (Wildman–Crippen MR) is 129 cm³/mol. The average Bonchev–Trinajstić information content (AvgIpc) is 3.12. The standard InChI is InChI=1S/C25H32FN5O3/c1-14-11-16(9-10-17(14)26)28-22-21-15(13-27-23(21)32)12-20(30-22)29-18-7-5-6-8-19(18)31(24(33)34)25(2,3)4/h9-12,18-19H,5-8,13H2,1-4H3,(H,27,32)(H,33,34)(H2,28,29,30)/t18-,19+/m1/s1. The molecule has 34 heavy (non-hydrogen) atoms. The largest absolute Gasteiger partial charge is 0.465 e. The Labute approximate surface area is 198 Å². The number of carboxylic acid groups (broad SMARTS) is 1. The van der Waals surface area contributed by atoms with E-state index in [4.69, 9.17) is 4.98 Å². The molecule has 2 amide bonds. The zero-order valence-electron chi connectivity index (χ0n) is 20.0. The molecular formula is C25H32FN5O3. The Bertz CT molecular complexity index is 1110. The number of nitrogens with zero attached hydrogens (tertiary/aromatic N) is 2. The van der Waals surface area contributed by atoms with Gasteiger partial charge in [-0.3, -0.25) is 9.69 Å². The fourth-order valence-corrected chi connectivity index (χ4v) is 4.98. The maximum atomic E-state index is 13.7. The van der Waals surface area contributed by atoms with Gasteiger partial charge in [-0.15, -0.1) is 0 Å². The molecule has 9 heteroatoms. The molecule has 1 aromatic heterocycles. The summed E-state index contributed by atoms with van der Waals surface area (Å²) in [7, 11) is 0. The van der Waals surface area contributed by atoms with E-state index in [0.717, 1.165) is 31.2 Å². The van der Waals surface area contributed by atoms with Gasteiger partial charge in [-0.05, 0) is 75.9 Å². The van der Waals surface area contributed by atoms with Crippen LogP contribution < -0.4 is 16.0 Å². The summed E-state index contributed by atoms with van der Waals surface area (Å²) < 4.78 is 13.7. The third kappa shape index (κ3) is 4.78. The van der Waals surface area contributed by atoms with Crippen molar-refractivity contribution in [3.05, 3.63) is 46.8 Å². The van der Waals surface area contributed by atoms with Crippen LogP contribution in [0.2, 0.25) is 0 Å². The number of aromatic nitrogens is 1. The number of carbonyl (C=O) groups excluding carboxylic acids is 1. The van der Waals surface area contributed by atoms with E-state index in [-0.39, 0.29) is 23.8 Å². The van der Waals surface area contributed by atoms with Crippen molar-refractivity contribution in [1.29, 1.82) is 0 Å². The smallest absolute Gasteiger partial charge is 0.408 e. The van der Waals surface area contributed by atoms with Crippen LogP contribution in [-0.2, 0) is 6.54 Å². The van der Waals surface area contributed by atoms with Crippen molar-refractivity contribution in [1.82, 2.24) is 15.2 Å². The van der Waals surface area contributed by atoms with Crippen molar-refractivity contribution in [2.75, 3.05) is 10.6 Å². The lowest BCUT2D eigenvalue weighted by molar-refractivity contribution is 0.0520. The normalized spacial score (nSPS) is 19.9. The number of anilines is 3. The van der Waals surface area contributed by atoms with Crippen LogP contribution in [0.4, 0.5) is 26.5 Å². The van der Waals surface area contributed by atoms with E-state index in [1.807, 2.05) is 26.8 Å². The molecule has 0 unspecified atom stereocenters. The Morgan fingerprint density at radius 2 is 1.97 bits per heavy atom. The summed E-state index contributed by atoms with van der Waals surface area (Å²) in [5.74, 6) is 0.449. The van der Waals surface area contributed by atoms with Crippen molar-refractivity contribution in [3.8, 4) is 0 Å². The van der Waals surface area contributed by atoms with E-state index in [2.05, 4.69) is 16.0 Å². The number of rotatable bonds is 5. The van der Waals surface area contributed by atoms with Gasteiger partial charge < -0.3 is 21.1 Å². The van der Waals surface area contributed by atoms with Gasteiger partial charge in [0.25, 0.3) is 5.91 Å². The van der Waals surface area contributed by atoms with Crippen molar-refractivity contribution in [2.45, 2.75) is 77.5 Å². The molecule has 4 N–H and O–H groups in total. The number of aryl methyl sites for hydroxylation is 1. The number of hydrogen-bond donors (Lipinski definition) is 4. The first-order valence-electron chi connectivity index (χ1n) is 11.7. The van der Waals surface area contributed by atoms with Crippen LogP contribution in [0.3, 0.4) is 0 Å². The third-order valence-corrected chi connectivity index (χ3v) is 6.51. The fraction of sp³-hybridized carbons (Fsp3) is 0.480. The molecule has 0 bridgehead atoms. The van der Waals surface area contributed by atoms with Crippen LogP contribution in [0.1, 0.15) is 67.9 Å². The van der Waals surface area contributed by atoms with E-state index in [1.165, 1.54) is 6.07 Å². The maximum absolute atomic E-state index is 13.7. The molecule has 1 fully saturated rings. The minimum absolute atomic E-state index is 0.111. The predicted octanol–water partition coefficient (Wildman–Crippen LogP) is 5.02. The second-order valence-corrected chi connectivity index (χ2v) is 10.1. The molecule has 0 radical (unpaired) electrons. The van der Waals surface area contributed by atoms with Crippen molar-refractivity contribution in [2.24, 2.45) is 0 Å². The van der Waals surface area contributed by atoms with Crippen LogP contribution >= 0.6 is 0 Å². The second kappa shape index (κ2) is 9.12. The van der Waals surface area contributed by atoms with Crippen molar-refractivity contribution < 1.29 is 19.1 Å². The number of nitrogens with one attached hydrogen (secondary N) is 3. The minimum atomic E-state index is -0.933. The van der Waals surface area contributed by atoms with E-state index in [0.29, 0.717) is 35.0 Å². The highest BCUT2D eigenvalue weighted by atomic mass is 19.1. The molecule has 2 aliphatic rings. The molecule has 182 valence electrons. The van der Waals surface area contributed by atoms with E-state index in [9.17, 15) is 19.1 Å². The SMILES string of the molecule is Cc1cc(Nc2nc(N[C@@H]3CCCC[C@@H]3N(C(=O)O)C(C)(C)C)cc3c2C(=O)NC3)ccc1F. The first-order valence-corrected chi connectivity index (χ1v) is 11.7. The van der Waals surface area contributed by atoms with Gasteiger partial charge in [0.2, 0.25) is 0 Å². The van der Waals surface area contributed by atoms with Gasteiger partial charge in [-0.1, -0.05) is 12.8 Å². The molecule has 2 atom stereocenters. The molecular weight excluding hydrogens is 437 g/mol. The summed E-state index contributed by atoms with van der Waals surface area (Å²) >= 11 is 0. The minimum Gasteiger partial charge on any atom is -0.465 e. The lowest BCUT2D eigenvalue weighted by Crippen LogP contribution is -2.58. The molecule has 4 rings (SSSR count). The third-order valence-electron chi connectivity index (χ3n) is 6.51. The Balaban J connectivity index is 1.66. The highest BCUT2D eigenvalue weighted by molar-refractivity contribution is 6.03. The van der Waals surface area contributed by atoms with Crippen LogP contribution in [-0.4, -0.2) is 44.6 Å². The number of pyridine rings is 1. The molecule has 1 aliphatic heterocycles. The summed E-state index contributed by atoms with van der Waals surface area (Å²) in [5.41, 5.74) is 1.85. The maximum Gasteiger partial charge on any atom is 0.408 e. The van der Waals surface area contributed by atoms with Crippen LogP contribution in [0.5, 0.6) is 0 Å². The highest BCUT2D eigenvalue weighted by Gasteiger charge is 2.39. The van der Waals surface area contributed by atoms with Gasteiger partial charge in [-0.2, -0.15) is 0 Å². The number of benzene rings is 1. The topological polar surface area (TPSA) is 107 Å². The van der Waals surface area contributed by atoms with Gasteiger partial charge in [0.1, 0.15) is 17.5 Å². The molecule has 0 saturated heterocycles. The van der Waals surface area contributed by atoms with Crippen LogP contribution in [0.15, 0.2) is 24.3 Å². The summed E-state index contributed by atoms with van der Waals surface area (Å²) in [6.07, 6.45) is 2.62. The zero-order chi connectivity index (χ0) is 24.6. The summed E-state index contributed by atoms with van der Waals surface area (Å²) in [6, 6.07) is 6.19. The molecule has 8 nitrogen and oxygen atoms in total. The van der Waals surface area contributed by atoms with Gasteiger partial charge >= 0.3 is 6.09 Å². The Morgan fingerprint density at radius 1 is 1.24 bits per heavy atom. The molecule has 2 aromatic rings. The van der Waals surface area contributed by atoms with Gasteiger partial charge in [0.05, 0.1) is 11.6 Å². The number of carbonyl (C=O) groups is 2. The highest BCUT2D eigenvalue weighted by Crippen LogP contribution is 2.33. The Hall–Kier alpha value is -3.36. The number of amides is 2. The summed E-state index contributed by atoms with van der Waals surface area (Å²) in [5, 5.41) is 19.4. The van der Waals surface area contributed by atoms with E-state index in [1.54, 1.807) is 24.0 Å². The molecule has 1 saturated carbocycles. The first-order chi connectivity index (χ1) is 16.0.